The van der Waals surface area contributed by atoms with Crippen molar-refractivity contribution in [1.29, 1.82) is 0 Å². The molecule has 0 aliphatic carbocycles. The molecular weight excluding hydrogens is 383 g/mol. The maximum Gasteiger partial charge on any atom is 0.418 e. The van der Waals surface area contributed by atoms with Gasteiger partial charge in [0, 0.05) is 22.4 Å². The van der Waals surface area contributed by atoms with Gasteiger partial charge in [-0.1, -0.05) is 37.6 Å². The Morgan fingerprint density at radius 3 is 2.26 bits per heavy atom. The fourth-order valence-corrected chi connectivity index (χ4v) is 2.96. The van der Waals surface area contributed by atoms with Crippen molar-refractivity contribution in [2.45, 2.75) is 20.0 Å². The van der Waals surface area contributed by atoms with Gasteiger partial charge in [-0.05, 0) is 24.3 Å². The molecule has 2 aromatic rings. The van der Waals surface area contributed by atoms with E-state index < -0.39 is 35.4 Å². The standard InChI is InChI=1S/C18H15ClF3N3O2/c1-9-10(2)17(27)25(16(9)26)24-14-7-6-13(18(20,21)22)15(23-14)11-4-3-5-12(19)8-11/h3-10H,1-2H3,(H,23,24). The van der Waals surface area contributed by atoms with Crippen LogP contribution in [0, 0.1) is 11.8 Å². The molecule has 0 spiro atoms. The number of hydrogen-bond donors (Lipinski definition) is 1. The number of benzene rings is 1. The predicted octanol–water partition coefficient (Wildman–Crippen LogP) is 4.39. The number of rotatable bonds is 3. The summed E-state index contributed by atoms with van der Waals surface area (Å²) < 4.78 is 40.2. The Hall–Kier alpha value is -2.61. The highest BCUT2D eigenvalue weighted by molar-refractivity contribution is 6.30. The summed E-state index contributed by atoms with van der Waals surface area (Å²) in [6.07, 6.45) is -4.63. The molecule has 5 nitrogen and oxygen atoms in total. The van der Waals surface area contributed by atoms with E-state index in [1.54, 1.807) is 13.8 Å². The van der Waals surface area contributed by atoms with E-state index >= 15 is 0 Å². The van der Waals surface area contributed by atoms with Crippen molar-refractivity contribution in [3.05, 3.63) is 47.0 Å². The number of imide groups is 1. The highest BCUT2D eigenvalue weighted by Crippen LogP contribution is 2.37. The second kappa shape index (κ2) is 6.84. The zero-order chi connectivity index (χ0) is 19.9. The molecule has 1 fully saturated rings. The number of aromatic nitrogens is 1. The van der Waals surface area contributed by atoms with Crippen molar-refractivity contribution >= 4 is 29.2 Å². The summed E-state index contributed by atoms with van der Waals surface area (Å²) in [7, 11) is 0. The van der Waals surface area contributed by atoms with Crippen molar-refractivity contribution in [2.75, 3.05) is 5.43 Å². The molecule has 1 saturated heterocycles. The molecule has 9 heteroatoms. The van der Waals surface area contributed by atoms with Crippen LogP contribution in [0.1, 0.15) is 19.4 Å². The number of hydrogen-bond acceptors (Lipinski definition) is 4. The van der Waals surface area contributed by atoms with Crippen LogP contribution in [0.4, 0.5) is 19.0 Å². The van der Waals surface area contributed by atoms with Gasteiger partial charge in [0.2, 0.25) is 0 Å². The zero-order valence-corrected chi connectivity index (χ0v) is 15.1. The quantitative estimate of drug-likeness (QED) is 0.780. The van der Waals surface area contributed by atoms with Crippen LogP contribution in [0.25, 0.3) is 11.3 Å². The van der Waals surface area contributed by atoms with Gasteiger partial charge >= 0.3 is 6.18 Å². The third kappa shape index (κ3) is 3.62. The van der Waals surface area contributed by atoms with Gasteiger partial charge in [-0.15, -0.1) is 0 Å². The fourth-order valence-electron chi connectivity index (χ4n) is 2.77. The lowest BCUT2D eigenvalue weighted by atomic mass is 10.00. The summed E-state index contributed by atoms with van der Waals surface area (Å²) in [5.41, 5.74) is 1.39. The van der Waals surface area contributed by atoms with E-state index in [2.05, 4.69) is 10.4 Å². The lowest BCUT2D eigenvalue weighted by molar-refractivity contribution is -0.139. The second-order valence-electron chi connectivity index (χ2n) is 6.30. The molecule has 3 rings (SSSR count). The third-order valence-corrected chi connectivity index (χ3v) is 4.73. The van der Waals surface area contributed by atoms with Crippen LogP contribution in [-0.2, 0) is 15.8 Å². The second-order valence-corrected chi connectivity index (χ2v) is 6.74. The Balaban J connectivity index is 2.03. The normalized spacial score (nSPS) is 20.3. The van der Waals surface area contributed by atoms with E-state index in [0.717, 1.165) is 17.1 Å². The number of halogens is 4. The third-order valence-electron chi connectivity index (χ3n) is 4.49. The molecule has 2 heterocycles. The van der Waals surface area contributed by atoms with Gasteiger partial charge in [-0.25, -0.2) is 4.98 Å². The van der Waals surface area contributed by atoms with Crippen LogP contribution in [0.5, 0.6) is 0 Å². The maximum absolute atomic E-state index is 13.4. The Labute approximate surface area is 158 Å². The lowest BCUT2D eigenvalue weighted by Gasteiger charge is -2.19. The average molecular weight is 398 g/mol. The van der Waals surface area contributed by atoms with E-state index in [9.17, 15) is 22.8 Å². The summed E-state index contributed by atoms with van der Waals surface area (Å²) in [5, 5.41) is 1.06. The minimum Gasteiger partial charge on any atom is -0.272 e. The highest BCUT2D eigenvalue weighted by atomic mass is 35.5. The molecule has 2 atom stereocenters. The molecule has 1 aromatic heterocycles. The minimum atomic E-state index is -4.63. The summed E-state index contributed by atoms with van der Waals surface area (Å²) in [6.45, 7) is 3.23. The molecule has 2 amide bonds. The number of amides is 2. The van der Waals surface area contributed by atoms with Crippen LogP contribution in [0.2, 0.25) is 5.02 Å². The molecule has 1 aliphatic rings. The van der Waals surface area contributed by atoms with E-state index in [1.807, 2.05) is 0 Å². The number of nitrogens with one attached hydrogen (secondary N) is 1. The molecular formula is C18H15ClF3N3O2. The summed E-state index contributed by atoms with van der Waals surface area (Å²) in [5.74, 6) is -2.02. The molecule has 27 heavy (non-hydrogen) atoms. The summed E-state index contributed by atoms with van der Waals surface area (Å²) in [6, 6.07) is 7.78. The van der Waals surface area contributed by atoms with E-state index in [1.165, 1.54) is 24.3 Å². The number of pyridine rings is 1. The monoisotopic (exact) mass is 397 g/mol. The molecule has 0 bridgehead atoms. The van der Waals surface area contributed by atoms with Crippen molar-refractivity contribution < 1.29 is 22.8 Å². The number of anilines is 1. The number of carbonyl (C=O) groups excluding carboxylic acids is 2. The summed E-state index contributed by atoms with van der Waals surface area (Å²) >= 11 is 5.89. The van der Waals surface area contributed by atoms with Gasteiger partial charge in [0.15, 0.2) is 0 Å². The molecule has 1 aromatic carbocycles. The smallest absolute Gasteiger partial charge is 0.272 e. The van der Waals surface area contributed by atoms with Crippen molar-refractivity contribution in [2.24, 2.45) is 11.8 Å². The van der Waals surface area contributed by atoms with Gasteiger partial charge in [0.1, 0.15) is 5.82 Å². The van der Waals surface area contributed by atoms with Crippen LogP contribution >= 0.6 is 11.6 Å². The Morgan fingerprint density at radius 2 is 1.70 bits per heavy atom. The molecule has 2 unspecified atom stereocenters. The zero-order valence-electron chi connectivity index (χ0n) is 14.3. The van der Waals surface area contributed by atoms with Crippen molar-refractivity contribution in [1.82, 2.24) is 9.99 Å². The number of nitrogens with zero attached hydrogens (tertiary/aromatic N) is 2. The lowest BCUT2D eigenvalue weighted by Crippen LogP contribution is -2.36. The first-order valence-electron chi connectivity index (χ1n) is 8.08. The maximum atomic E-state index is 13.4. The topological polar surface area (TPSA) is 62.3 Å². The van der Waals surface area contributed by atoms with E-state index in [-0.39, 0.29) is 22.1 Å². The van der Waals surface area contributed by atoms with Crippen LogP contribution in [-0.4, -0.2) is 21.8 Å². The Kier molecular flexibility index (Phi) is 4.86. The van der Waals surface area contributed by atoms with Crippen LogP contribution in [0.3, 0.4) is 0 Å². The Bertz CT molecular complexity index is 897. The molecule has 1 aliphatic heterocycles. The van der Waals surface area contributed by atoms with Gasteiger partial charge in [-0.2, -0.15) is 18.2 Å². The molecule has 142 valence electrons. The number of alkyl halides is 3. The van der Waals surface area contributed by atoms with E-state index in [4.69, 9.17) is 11.6 Å². The summed E-state index contributed by atoms with van der Waals surface area (Å²) in [4.78, 5) is 28.3. The molecule has 1 N–H and O–H groups in total. The fraction of sp³-hybridized carbons (Fsp3) is 0.278. The van der Waals surface area contributed by atoms with Crippen molar-refractivity contribution in [3.8, 4) is 11.3 Å². The van der Waals surface area contributed by atoms with Gasteiger partial charge < -0.3 is 0 Å². The average Bonchev–Trinajstić information content (AvgIpc) is 2.79. The van der Waals surface area contributed by atoms with Gasteiger partial charge in [-0.3, -0.25) is 15.0 Å². The first kappa shape index (κ1) is 19.2. The Morgan fingerprint density at radius 1 is 1.07 bits per heavy atom. The first-order valence-corrected chi connectivity index (χ1v) is 8.46. The van der Waals surface area contributed by atoms with Crippen LogP contribution < -0.4 is 5.43 Å². The SMILES string of the molecule is CC1C(=O)N(Nc2ccc(C(F)(F)F)c(-c3cccc(Cl)c3)n2)C(=O)C1C. The molecule has 0 saturated carbocycles. The molecule has 0 radical (unpaired) electrons. The van der Waals surface area contributed by atoms with Crippen LogP contribution in [0.15, 0.2) is 36.4 Å². The minimum absolute atomic E-state index is 0.0547. The number of carbonyl (C=O) groups is 2. The van der Waals surface area contributed by atoms with E-state index in [0.29, 0.717) is 0 Å². The van der Waals surface area contributed by atoms with Crippen molar-refractivity contribution in [3.63, 3.8) is 0 Å². The number of hydrazine groups is 1. The largest absolute Gasteiger partial charge is 0.418 e. The van der Waals surface area contributed by atoms with Gasteiger partial charge in [0.25, 0.3) is 11.8 Å². The first-order chi connectivity index (χ1) is 12.6. The predicted molar refractivity (Wildman–Crippen MR) is 93.5 cm³/mol. The van der Waals surface area contributed by atoms with Gasteiger partial charge in [0.05, 0.1) is 11.3 Å². The highest BCUT2D eigenvalue weighted by Gasteiger charge is 2.43.